The van der Waals surface area contributed by atoms with Crippen molar-refractivity contribution in [2.75, 3.05) is 54.9 Å². The summed E-state index contributed by atoms with van der Waals surface area (Å²) >= 11 is 0. The van der Waals surface area contributed by atoms with Gasteiger partial charge >= 0.3 is 6.01 Å². The fourth-order valence-corrected chi connectivity index (χ4v) is 4.23. The van der Waals surface area contributed by atoms with Crippen LogP contribution in [0.25, 0.3) is 0 Å². The molecule has 2 fully saturated rings. The van der Waals surface area contributed by atoms with Crippen molar-refractivity contribution in [2.45, 2.75) is 25.9 Å². The van der Waals surface area contributed by atoms with E-state index in [4.69, 9.17) is 9.47 Å². The number of pyridine rings is 1. The molecule has 1 amide bonds. The first-order valence-corrected chi connectivity index (χ1v) is 12.3. The molecule has 3 aromatic rings. The molecule has 5 rings (SSSR count). The van der Waals surface area contributed by atoms with Crippen LogP contribution in [-0.2, 0) is 4.74 Å². The third kappa shape index (κ3) is 6.07. The fraction of sp³-hybridized carbons (Fsp3) is 0.385. The Morgan fingerprint density at radius 1 is 1.08 bits per heavy atom. The van der Waals surface area contributed by atoms with Crippen LogP contribution in [0.2, 0.25) is 0 Å². The van der Waals surface area contributed by atoms with Crippen LogP contribution in [0.15, 0.2) is 48.8 Å². The predicted molar refractivity (Wildman–Crippen MR) is 138 cm³/mol. The number of aryl methyl sites for hydroxylation is 1. The number of carbonyl (C=O) groups excluding carboxylic acids is 1. The van der Waals surface area contributed by atoms with Gasteiger partial charge in [-0.3, -0.25) is 4.79 Å². The minimum absolute atomic E-state index is 0.124. The van der Waals surface area contributed by atoms with Gasteiger partial charge in [-0.05, 0) is 68.8 Å². The number of anilines is 4. The first-order valence-electron chi connectivity index (χ1n) is 12.3. The van der Waals surface area contributed by atoms with Crippen LogP contribution in [0, 0.1) is 6.92 Å². The zero-order valence-electron chi connectivity index (χ0n) is 20.4. The van der Waals surface area contributed by atoms with Crippen LogP contribution >= 0.6 is 0 Å². The SMILES string of the molecule is Cc1ccc(NC(=O)c2ccnc(N3CCOCC3)c2)cc1Nc1ccnc(OC2CCNCC2)n1. The van der Waals surface area contributed by atoms with Gasteiger partial charge in [0.1, 0.15) is 17.7 Å². The van der Waals surface area contributed by atoms with Crippen LogP contribution in [0.1, 0.15) is 28.8 Å². The van der Waals surface area contributed by atoms with E-state index >= 15 is 0 Å². The number of nitrogens with zero attached hydrogens (tertiary/aromatic N) is 4. The van der Waals surface area contributed by atoms with Crippen molar-refractivity contribution in [3.8, 4) is 6.01 Å². The van der Waals surface area contributed by atoms with Crippen LogP contribution in [0.3, 0.4) is 0 Å². The average Bonchev–Trinajstić information content (AvgIpc) is 2.92. The molecule has 0 bridgehead atoms. The number of morpholine rings is 1. The number of benzene rings is 1. The first-order chi connectivity index (χ1) is 17.6. The Labute approximate surface area is 210 Å². The van der Waals surface area contributed by atoms with E-state index in [1.165, 1.54) is 0 Å². The molecule has 0 radical (unpaired) electrons. The van der Waals surface area contributed by atoms with Crippen molar-refractivity contribution in [1.82, 2.24) is 20.3 Å². The van der Waals surface area contributed by atoms with Crippen LogP contribution < -0.4 is 25.6 Å². The summed E-state index contributed by atoms with van der Waals surface area (Å²) in [5.74, 6) is 1.22. The third-order valence-corrected chi connectivity index (χ3v) is 6.29. The number of hydrogen-bond donors (Lipinski definition) is 3. The number of aromatic nitrogens is 3. The monoisotopic (exact) mass is 489 g/mol. The molecule has 2 aliphatic heterocycles. The largest absolute Gasteiger partial charge is 0.460 e. The highest BCUT2D eigenvalue weighted by molar-refractivity contribution is 6.05. The zero-order valence-corrected chi connectivity index (χ0v) is 20.4. The molecule has 2 aromatic heterocycles. The summed E-state index contributed by atoms with van der Waals surface area (Å²) in [5, 5.41) is 9.65. The van der Waals surface area contributed by atoms with Crippen LogP contribution in [0.4, 0.5) is 23.0 Å². The number of rotatable bonds is 7. The molecular weight excluding hydrogens is 458 g/mol. The summed E-state index contributed by atoms with van der Waals surface area (Å²) in [6, 6.07) is 11.4. The molecule has 4 heterocycles. The minimum Gasteiger partial charge on any atom is -0.460 e. The van der Waals surface area contributed by atoms with E-state index < -0.39 is 0 Å². The topological polar surface area (TPSA) is 114 Å². The van der Waals surface area contributed by atoms with E-state index in [-0.39, 0.29) is 12.0 Å². The minimum atomic E-state index is -0.193. The van der Waals surface area contributed by atoms with E-state index in [1.807, 2.05) is 31.2 Å². The maximum atomic E-state index is 13.0. The van der Waals surface area contributed by atoms with Gasteiger partial charge in [-0.15, -0.1) is 0 Å². The summed E-state index contributed by atoms with van der Waals surface area (Å²) in [5.41, 5.74) is 3.09. The summed E-state index contributed by atoms with van der Waals surface area (Å²) in [7, 11) is 0. The third-order valence-electron chi connectivity index (χ3n) is 6.29. The molecule has 36 heavy (non-hydrogen) atoms. The zero-order chi connectivity index (χ0) is 24.7. The number of piperidine rings is 1. The molecule has 10 heteroatoms. The van der Waals surface area contributed by atoms with Gasteiger partial charge in [0.05, 0.1) is 13.2 Å². The highest BCUT2D eigenvalue weighted by atomic mass is 16.5. The summed E-state index contributed by atoms with van der Waals surface area (Å²) in [4.78, 5) is 28.3. The molecular formula is C26H31N7O3. The number of ether oxygens (including phenoxy) is 2. The molecule has 188 valence electrons. The van der Waals surface area contributed by atoms with E-state index in [2.05, 4.69) is 35.8 Å². The summed E-state index contributed by atoms with van der Waals surface area (Å²) in [6.07, 6.45) is 5.35. The molecule has 0 saturated carbocycles. The number of nitrogens with one attached hydrogen (secondary N) is 3. The van der Waals surface area contributed by atoms with E-state index in [1.54, 1.807) is 24.5 Å². The lowest BCUT2D eigenvalue weighted by molar-refractivity contribution is 0.102. The fourth-order valence-electron chi connectivity index (χ4n) is 4.23. The van der Waals surface area contributed by atoms with Crippen molar-refractivity contribution in [2.24, 2.45) is 0 Å². The van der Waals surface area contributed by atoms with Crippen LogP contribution in [0.5, 0.6) is 6.01 Å². The molecule has 2 aliphatic rings. The van der Waals surface area contributed by atoms with E-state index in [0.717, 1.165) is 56.1 Å². The second-order valence-electron chi connectivity index (χ2n) is 8.90. The smallest absolute Gasteiger partial charge is 0.318 e. The molecule has 1 aromatic carbocycles. The Kier molecular flexibility index (Phi) is 7.53. The Morgan fingerprint density at radius 3 is 2.72 bits per heavy atom. The summed E-state index contributed by atoms with van der Waals surface area (Å²) < 4.78 is 11.4. The van der Waals surface area contributed by atoms with Gasteiger partial charge in [0.2, 0.25) is 0 Å². The molecule has 3 N–H and O–H groups in total. The van der Waals surface area contributed by atoms with Crippen molar-refractivity contribution >= 4 is 28.9 Å². The summed E-state index contributed by atoms with van der Waals surface area (Å²) in [6.45, 7) is 6.73. The lowest BCUT2D eigenvalue weighted by atomic mass is 10.1. The molecule has 0 spiro atoms. The maximum absolute atomic E-state index is 13.0. The molecule has 0 atom stereocenters. The van der Waals surface area contributed by atoms with Crippen molar-refractivity contribution in [1.29, 1.82) is 0 Å². The van der Waals surface area contributed by atoms with Crippen LogP contribution in [-0.4, -0.2) is 66.4 Å². The van der Waals surface area contributed by atoms with Gasteiger partial charge in [-0.25, -0.2) is 9.97 Å². The van der Waals surface area contributed by atoms with Gasteiger partial charge in [0, 0.05) is 42.4 Å². The Bertz CT molecular complexity index is 1190. The highest BCUT2D eigenvalue weighted by Crippen LogP contribution is 2.25. The molecule has 0 unspecified atom stereocenters. The number of hydrogen-bond acceptors (Lipinski definition) is 9. The standard InChI is InChI=1S/C26H31N7O3/c1-18-2-3-20(30-25(34)19-4-10-28-24(16-19)33-12-14-35-15-13-33)17-22(18)31-23-7-11-29-26(32-23)36-21-5-8-27-9-6-21/h2-4,7,10-11,16-17,21,27H,5-6,8-9,12-15H2,1H3,(H,30,34)(H,29,31,32). The lowest BCUT2D eigenvalue weighted by Crippen LogP contribution is -2.36. The first kappa shape index (κ1) is 24.0. The molecule has 2 saturated heterocycles. The Morgan fingerprint density at radius 2 is 1.89 bits per heavy atom. The van der Waals surface area contributed by atoms with Gasteiger partial charge in [0.15, 0.2) is 0 Å². The van der Waals surface area contributed by atoms with E-state index in [9.17, 15) is 4.79 Å². The van der Waals surface area contributed by atoms with Gasteiger partial charge in [-0.1, -0.05) is 6.07 Å². The predicted octanol–water partition coefficient (Wildman–Crippen LogP) is 3.14. The Hall–Kier alpha value is -3.76. The normalized spacial score (nSPS) is 16.4. The number of amides is 1. The molecule has 10 nitrogen and oxygen atoms in total. The van der Waals surface area contributed by atoms with Gasteiger partial charge in [0.25, 0.3) is 5.91 Å². The van der Waals surface area contributed by atoms with Crippen molar-refractivity contribution in [3.63, 3.8) is 0 Å². The van der Waals surface area contributed by atoms with Crippen molar-refractivity contribution in [3.05, 3.63) is 59.9 Å². The second-order valence-corrected chi connectivity index (χ2v) is 8.90. The lowest BCUT2D eigenvalue weighted by Gasteiger charge is -2.27. The van der Waals surface area contributed by atoms with Crippen molar-refractivity contribution < 1.29 is 14.3 Å². The second kappa shape index (κ2) is 11.3. The Balaban J connectivity index is 1.26. The highest BCUT2D eigenvalue weighted by Gasteiger charge is 2.17. The quantitative estimate of drug-likeness (QED) is 0.461. The molecule has 0 aliphatic carbocycles. The number of carbonyl (C=O) groups is 1. The van der Waals surface area contributed by atoms with E-state index in [0.29, 0.717) is 36.3 Å². The maximum Gasteiger partial charge on any atom is 0.318 e. The van der Waals surface area contributed by atoms with Gasteiger partial charge < -0.3 is 30.3 Å². The van der Waals surface area contributed by atoms with Gasteiger partial charge in [-0.2, -0.15) is 4.98 Å². The average molecular weight is 490 g/mol.